The summed E-state index contributed by atoms with van der Waals surface area (Å²) in [6, 6.07) is 15.7. The average Bonchev–Trinajstić information content (AvgIpc) is 2.66. The lowest BCUT2D eigenvalue weighted by Gasteiger charge is -2.10. The maximum absolute atomic E-state index is 11.9. The van der Waals surface area contributed by atoms with Crippen LogP contribution in [-0.2, 0) is 22.6 Å². The number of methoxy groups -OCH3 is 2. The molecule has 25 heavy (non-hydrogen) atoms. The van der Waals surface area contributed by atoms with Crippen molar-refractivity contribution in [1.29, 1.82) is 0 Å². The van der Waals surface area contributed by atoms with E-state index in [1.807, 2.05) is 48.5 Å². The second-order valence-electron chi connectivity index (χ2n) is 5.58. The van der Waals surface area contributed by atoms with Gasteiger partial charge in [-0.3, -0.25) is 4.79 Å². The second-order valence-corrected chi connectivity index (χ2v) is 5.58. The number of nitrogens with one attached hydrogen (secondary N) is 1. The van der Waals surface area contributed by atoms with Crippen molar-refractivity contribution in [3.8, 4) is 11.5 Å². The van der Waals surface area contributed by atoms with Crippen LogP contribution in [0.3, 0.4) is 0 Å². The molecule has 0 aliphatic carbocycles. The molecule has 1 amide bonds. The highest BCUT2D eigenvalue weighted by Crippen LogP contribution is 2.27. The molecule has 0 atom stereocenters. The minimum Gasteiger partial charge on any atom is -0.493 e. The molecule has 0 saturated carbocycles. The van der Waals surface area contributed by atoms with E-state index in [1.165, 1.54) is 0 Å². The third-order valence-corrected chi connectivity index (χ3v) is 3.77. The van der Waals surface area contributed by atoms with Gasteiger partial charge >= 0.3 is 0 Å². The van der Waals surface area contributed by atoms with Crippen LogP contribution in [0.2, 0.25) is 0 Å². The molecule has 2 aromatic carbocycles. The minimum absolute atomic E-state index is 0.0121. The molecule has 134 valence electrons. The molecule has 0 bridgehead atoms. The van der Waals surface area contributed by atoms with Gasteiger partial charge in [0.15, 0.2) is 11.5 Å². The summed E-state index contributed by atoms with van der Waals surface area (Å²) >= 11 is 0. The van der Waals surface area contributed by atoms with Gasteiger partial charge in [-0.25, -0.2) is 0 Å². The van der Waals surface area contributed by atoms with Gasteiger partial charge in [0.05, 0.1) is 27.4 Å². The zero-order chi connectivity index (χ0) is 17.9. The monoisotopic (exact) mass is 343 g/mol. The molecular weight excluding hydrogens is 318 g/mol. The molecule has 2 rings (SSSR count). The fourth-order valence-corrected chi connectivity index (χ4v) is 2.41. The molecule has 5 heteroatoms. The molecule has 2 aromatic rings. The molecule has 0 radical (unpaired) electrons. The number of hydrogen-bond acceptors (Lipinski definition) is 4. The maximum atomic E-state index is 11.9. The van der Waals surface area contributed by atoms with E-state index >= 15 is 0 Å². The Bertz CT molecular complexity index is 658. The normalized spacial score (nSPS) is 10.3. The van der Waals surface area contributed by atoms with Gasteiger partial charge in [0.1, 0.15) is 0 Å². The summed E-state index contributed by atoms with van der Waals surface area (Å²) in [7, 11) is 3.20. The van der Waals surface area contributed by atoms with Gasteiger partial charge < -0.3 is 19.5 Å². The van der Waals surface area contributed by atoms with Crippen molar-refractivity contribution < 1.29 is 19.0 Å². The van der Waals surface area contributed by atoms with E-state index in [9.17, 15) is 4.79 Å². The molecule has 0 spiro atoms. The molecule has 0 saturated heterocycles. The summed E-state index contributed by atoms with van der Waals surface area (Å²) in [4.78, 5) is 11.9. The highest BCUT2D eigenvalue weighted by atomic mass is 16.5. The van der Waals surface area contributed by atoms with Crippen molar-refractivity contribution in [2.24, 2.45) is 0 Å². The van der Waals surface area contributed by atoms with Crippen molar-refractivity contribution in [2.75, 3.05) is 27.4 Å². The van der Waals surface area contributed by atoms with E-state index in [4.69, 9.17) is 14.2 Å². The van der Waals surface area contributed by atoms with Gasteiger partial charge in [-0.05, 0) is 29.7 Å². The minimum atomic E-state index is 0.0121. The highest BCUT2D eigenvalue weighted by molar-refractivity contribution is 5.76. The zero-order valence-electron chi connectivity index (χ0n) is 14.8. The maximum Gasteiger partial charge on any atom is 0.220 e. The predicted octanol–water partition coefficient (Wildman–Crippen LogP) is 2.97. The third-order valence-electron chi connectivity index (χ3n) is 3.77. The first-order valence-electron chi connectivity index (χ1n) is 8.32. The molecule has 0 unspecified atom stereocenters. The highest BCUT2D eigenvalue weighted by Gasteiger charge is 2.06. The standard InChI is InChI=1S/C20H25NO4/c1-23-18-10-8-16(14-19(18)24-2)9-11-20(22)21-12-13-25-15-17-6-4-3-5-7-17/h3-8,10,14H,9,11-13,15H2,1-2H3,(H,21,22). The summed E-state index contributed by atoms with van der Waals surface area (Å²) < 4.78 is 16.0. The van der Waals surface area contributed by atoms with Crippen molar-refractivity contribution in [3.05, 3.63) is 59.7 Å². The lowest BCUT2D eigenvalue weighted by molar-refractivity contribution is -0.121. The topological polar surface area (TPSA) is 56.8 Å². The molecule has 0 heterocycles. The molecule has 0 aliphatic rings. The Morgan fingerprint density at radius 1 is 0.960 bits per heavy atom. The van der Waals surface area contributed by atoms with Crippen LogP contribution in [-0.4, -0.2) is 33.3 Å². The Balaban J connectivity index is 1.64. The largest absolute Gasteiger partial charge is 0.493 e. The van der Waals surface area contributed by atoms with Crippen molar-refractivity contribution in [1.82, 2.24) is 5.32 Å². The first-order chi connectivity index (χ1) is 12.2. The van der Waals surface area contributed by atoms with Gasteiger partial charge in [-0.1, -0.05) is 36.4 Å². The van der Waals surface area contributed by atoms with E-state index < -0.39 is 0 Å². The molecule has 5 nitrogen and oxygen atoms in total. The van der Waals surface area contributed by atoms with Gasteiger partial charge in [-0.2, -0.15) is 0 Å². The molecule has 1 N–H and O–H groups in total. The van der Waals surface area contributed by atoms with E-state index in [2.05, 4.69) is 5.32 Å². The van der Waals surface area contributed by atoms with E-state index in [0.29, 0.717) is 44.1 Å². The molecule has 0 aliphatic heterocycles. The predicted molar refractivity (Wildman–Crippen MR) is 97.0 cm³/mol. The number of carbonyl (C=O) groups is 1. The number of ether oxygens (including phenoxy) is 3. The van der Waals surface area contributed by atoms with E-state index in [0.717, 1.165) is 11.1 Å². The van der Waals surface area contributed by atoms with Crippen molar-refractivity contribution >= 4 is 5.91 Å². The zero-order valence-corrected chi connectivity index (χ0v) is 14.8. The Morgan fingerprint density at radius 3 is 2.44 bits per heavy atom. The number of carbonyl (C=O) groups excluding carboxylic acids is 1. The van der Waals surface area contributed by atoms with Crippen LogP contribution < -0.4 is 14.8 Å². The second kappa shape index (κ2) is 10.4. The van der Waals surface area contributed by atoms with E-state index in [1.54, 1.807) is 14.2 Å². The van der Waals surface area contributed by atoms with Crippen LogP contribution in [0.5, 0.6) is 11.5 Å². The number of benzene rings is 2. The lowest BCUT2D eigenvalue weighted by atomic mass is 10.1. The molecular formula is C20H25NO4. The summed E-state index contributed by atoms with van der Waals surface area (Å²) in [6.45, 7) is 1.57. The van der Waals surface area contributed by atoms with Crippen LogP contribution in [0.15, 0.2) is 48.5 Å². The van der Waals surface area contributed by atoms with Crippen molar-refractivity contribution in [2.45, 2.75) is 19.4 Å². The van der Waals surface area contributed by atoms with Gasteiger partial charge in [0.25, 0.3) is 0 Å². The fourth-order valence-electron chi connectivity index (χ4n) is 2.41. The third kappa shape index (κ3) is 6.47. The lowest BCUT2D eigenvalue weighted by Crippen LogP contribution is -2.27. The fraction of sp³-hybridized carbons (Fsp3) is 0.350. The Hall–Kier alpha value is -2.53. The Labute approximate surface area is 148 Å². The first kappa shape index (κ1) is 18.8. The summed E-state index contributed by atoms with van der Waals surface area (Å²) in [6.07, 6.45) is 1.07. The van der Waals surface area contributed by atoms with Crippen LogP contribution in [0, 0.1) is 0 Å². The smallest absolute Gasteiger partial charge is 0.220 e. The Kier molecular flexibility index (Phi) is 7.79. The van der Waals surface area contributed by atoms with E-state index in [-0.39, 0.29) is 5.91 Å². The van der Waals surface area contributed by atoms with Crippen LogP contribution in [0.1, 0.15) is 17.5 Å². The summed E-state index contributed by atoms with van der Waals surface area (Å²) in [5, 5.41) is 2.87. The first-order valence-corrected chi connectivity index (χ1v) is 8.32. The van der Waals surface area contributed by atoms with Gasteiger partial charge in [0.2, 0.25) is 5.91 Å². The molecule has 0 fully saturated rings. The summed E-state index contributed by atoms with van der Waals surface area (Å²) in [5.74, 6) is 1.37. The SMILES string of the molecule is COc1ccc(CCC(=O)NCCOCc2ccccc2)cc1OC. The number of hydrogen-bond donors (Lipinski definition) is 1. The molecule has 0 aromatic heterocycles. The summed E-state index contributed by atoms with van der Waals surface area (Å²) in [5.41, 5.74) is 2.16. The quantitative estimate of drug-likeness (QED) is 0.674. The number of rotatable bonds is 10. The van der Waals surface area contributed by atoms with Gasteiger partial charge in [-0.15, -0.1) is 0 Å². The van der Waals surface area contributed by atoms with Crippen molar-refractivity contribution in [3.63, 3.8) is 0 Å². The van der Waals surface area contributed by atoms with Crippen LogP contribution >= 0.6 is 0 Å². The Morgan fingerprint density at radius 2 is 1.72 bits per heavy atom. The number of aryl methyl sites for hydroxylation is 1. The van der Waals surface area contributed by atoms with Crippen LogP contribution in [0.25, 0.3) is 0 Å². The average molecular weight is 343 g/mol. The van der Waals surface area contributed by atoms with Gasteiger partial charge in [0, 0.05) is 13.0 Å². The van der Waals surface area contributed by atoms with Crippen LogP contribution in [0.4, 0.5) is 0 Å². The number of amides is 1.